The Bertz CT molecular complexity index is 1800. The highest BCUT2D eigenvalue weighted by molar-refractivity contribution is 5.96. The van der Waals surface area contributed by atoms with Crippen LogP contribution in [0.2, 0.25) is 0 Å². The first-order valence-corrected chi connectivity index (χ1v) is 17.6. The smallest absolute Gasteiger partial charge is 0.237 e. The fraction of sp³-hybridized carbons (Fsp3) is 0.350. The van der Waals surface area contributed by atoms with Crippen LogP contribution in [0.25, 0.3) is 17.0 Å². The quantitative estimate of drug-likeness (QED) is 0.180. The van der Waals surface area contributed by atoms with Gasteiger partial charge in [0.25, 0.3) is 0 Å². The third kappa shape index (κ3) is 8.51. The van der Waals surface area contributed by atoms with E-state index in [-0.39, 0.29) is 37.6 Å². The van der Waals surface area contributed by atoms with Crippen molar-refractivity contribution in [3.05, 3.63) is 114 Å². The number of aromatic nitrogens is 2. The number of aliphatic hydroxyl groups excluding tert-OH is 1. The van der Waals surface area contributed by atoms with Gasteiger partial charge in [-0.15, -0.1) is 0 Å². The number of amides is 2. The number of nitrogens with one attached hydrogen (secondary N) is 3. The highest BCUT2D eigenvalue weighted by Gasteiger charge is 2.45. The Morgan fingerprint density at radius 1 is 1.12 bits per heavy atom. The van der Waals surface area contributed by atoms with Crippen molar-refractivity contribution in [1.29, 1.82) is 0 Å². The van der Waals surface area contributed by atoms with Crippen LogP contribution in [0.4, 0.5) is 11.4 Å². The van der Waals surface area contributed by atoms with E-state index in [1.807, 2.05) is 73.4 Å². The van der Waals surface area contributed by atoms with E-state index in [9.17, 15) is 14.7 Å². The maximum Gasteiger partial charge on any atom is 0.237 e. The lowest BCUT2D eigenvalue weighted by atomic mass is 9.86. The number of carbonyl (C=O) groups excluding carboxylic acids is 2. The molecular weight excluding hydrogens is 642 g/mol. The van der Waals surface area contributed by atoms with Gasteiger partial charge in [0.2, 0.25) is 11.8 Å². The molecule has 0 radical (unpaired) electrons. The summed E-state index contributed by atoms with van der Waals surface area (Å²) in [6.45, 7) is 7.20. The number of anilines is 2. The lowest BCUT2D eigenvalue weighted by Crippen LogP contribution is -2.45. The van der Waals surface area contributed by atoms with Crippen LogP contribution >= 0.6 is 0 Å². The summed E-state index contributed by atoms with van der Waals surface area (Å²) in [5, 5.41) is 12.4. The van der Waals surface area contributed by atoms with Gasteiger partial charge in [-0.2, -0.15) is 0 Å². The van der Waals surface area contributed by atoms with Gasteiger partial charge in [-0.3, -0.25) is 14.5 Å². The molecule has 0 spiro atoms. The van der Waals surface area contributed by atoms with Crippen molar-refractivity contribution in [1.82, 2.24) is 25.2 Å². The van der Waals surface area contributed by atoms with Gasteiger partial charge in [0, 0.05) is 55.4 Å². The normalized spacial score (nSPS) is 20.8. The molecule has 1 saturated heterocycles. The van der Waals surface area contributed by atoms with E-state index >= 15 is 0 Å². The van der Waals surface area contributed by atoms with Crippen molar-refractivity contribution >= 4 is 28.8 Å². The molecule has 2 atom stereocenters. The van der Waals surface area contributed by atoms with Gasteiger partial charge >= 0.3 is 0 Å². The van der Waals surface area contributed by atoms with Crippen molar-refractivity contribution in [2.45, 2.75) is 32.7 Å². The van der Waals surface area contributed by atoms with Crippen LogP contribution < -0.4 is 16.2 Å². The zero-order valence-corrected chi connectivity index (χ0v) is 29.3. The number of hydrogen-bond donors (Lipinski definition) is 4. The van der Waals surface area contributed by atoms with Crippen molar-refractivity contribution in [3.8, 4) is 11.4 Å². The summed E-state index contributed by atoms with van der Waals surface area (Å²) in [6.07, 6.45) is 16.5. The van der Waals surface area contributed by atoms with Crippen LogP contribution in [0, 0.1) is 5.41 Å². The standard InChI is InChI=1S/C40H47N7O4/c1-3-8-31(9-5-6-24-48)37-34-25-33(14-15-35(34)44-45-37)43-39(50)40(28-51-4-2)18-23-46(27-40)26-36(49)47-21-16-30(17-22-47)29-10-12-32(13-11-29)38-41-19-7-20-42-38/h3,5-16,19-20,25,37,44-45,48H,4,17-18,21-24,26-28H2,1-2H3,(H,43,50). The predicted octanol–water partition coefficient (Wildman–Crippen LogP) is 5.15. The molecule has 1 aromatic heterocycles. The minimum atomic E-state index is -0.776. The zero-order chi connectivity index (χ0) is 35.6. The highest BCUT2D eigenvalue weighted by Crippen LogP contribution is 2.37. The van der Waals surface area contributed by atoms with E-state index in [1.165, 1.54) is 5.57 Å². The molecule has 4 N–H and O–H groups in total. The Balaban J connectivity index is 1.08. The molecule has 2 unspecified atom stereocenters. The Hall–Kier alpha value is -4.94. The van der Waals surface area contributed by atoms with Crippen LogP contribution in [0.1, 0.15) is 43.9 Å². The molecule has 11 nitrogen and oxygen atoms in total. The second-order valence-electron chi connectivity index (χ2n) is 13.1. The molecule has 2 aromatic carbocycles. The van der Waals surface area contributed by atoms with Crippen molar-refractivity contribution in [3.63, 3.8) is 0 Å². The Morgan fingerprint density at radius 2 is 1.92 bits per heavy atom. The van der Waals surface area contributed by atoms with E-state index in [1.54, 1.807) is 24.5 Å². The molecule has 4 heterocycles. The summed E-state index contributed by atoms with van der Waals surface area (Å²) in [4.78, 5) is 40.2. The van der Waals surface area contributed by atoms with Crippen LogP contribution in [-0.2, 0) is 14.3 Å². The lowest BCUT2D eigenvalue weighted by Gasteiger charge is -2.30. The SMILES string of the molecule is CC=CC(=CC=CCO)C1NNc2ccc(NC(=O)C3(COCC)CCN(CC(=O)N4CC=C(c5ccc(-c6ncccn6)cc5)CC4)C3)cc21. The number of aliphatic hydroxyl groups is 1. The second kappa shape index (κ2) is 16.8. The summed E-state index contributed by atoms with van der Waals surface area (Å²) < 4.78 is 5.87. The maximum atomic E-state index is 14.0. The van der Waals surface area contributed by atoms with Gasteiger partial charge in [0.05, 0.1) is 36.9 Å². The molecule has 3 aliphatic heterocycles. The monoisotopic (exact) mass is 689 g/mol. The number of rotatable bonds is 13. The first kappa shape index (κ1) is 35.9. The number of benzene rings is 2. The topological polar surface area (TPSA) is 132 Å². The van der Waals surface area contributed by atoms with Crippen LogP contribution in [0.5, 0.6) is 0 Å². The molecule has 11 heteroatoms. The minimum Gasteiger partial charge on any atom is -0.392 e. The van der Waals surface area contributed by atoms with Gasteiger partial charge in [-0.05, 0) is 74.2 Å². The summed E-state index contributed by atoms with van der Waals surface area (Å²) in [5.41, 5.74) is 12.8. The van der Waals surface area contributed by atoms with Gasteiger partial charge in [-0.25, -0.2) is 15.4 Å². The molecule has 3 aliphatic rings. The highest BCUT2D eigenvalue weighted by atomic mass is 16.5. The average Bonchev–Trinajstić information content (AvgIpc) is 3.79. The first-order valence-electron chi connectivity index (χ1n) is 17.6. The molecule has 3 aromatic rings. The number of ether oxygens (including phenoxy) is 1. The average molecular weight is 690 g/mol. The number of carbonyl (C=O) groups is 2. The largest absolute Gasteiger partial charge is 0.392 e. The number of likely N-dealkylation sites (tertiary alicyclic amines) is 1. The van der Waals surface area contributed by atoms with E-state index in [0.29, 0.717) is 50.7 Å². The Morgan fingerprint density at radius 3 is 2.65 bits per heavy atom. The van der Waals surface area contributed by atoms with Gasteiger partial charge in [0.15, 0.2) is 5.82 Å². The fourth-order valence-corrected chi connectivity index (χ4v) is 6.92. The van der Waals surface area contributed by atoms with Crippen LogP contribution in [0.15, 0.2) is 103 Å². The number of hydrazine groups is 1. The molecule has 6 rings (SSSR count). The maximum absolute atomic E-state index is 14.0. The summed E-state index contributed by atoms with van der Waals surface area (Å²) in [6, 6.07) is 15.8. The zero-order valence-electron chi connectivity index (χ0n) is 29.3. The van der Waals surface area contributed by atoms with Crippen LogP contribution in [-0.4, -0.2) is 89.2 Å². The summed E-state index contributed by atoms with van der Waals surface area (Å²) >= 11 is 0. The van der Waals surface area contributed by atoms with E-state index < -0.39 is 5.41 Å². The molecule has 0 bridgehead atoms. The number of fused-ring (bicyclic) bond motifs is 1. The van der Waals surface area contributed by atoms with Gasteiger partial charge in [0.1, 0.15) is 0 Å². The third-order valence-corrected chi connectivity index (χ3v) is 9.69. The van der Waals surface area contributed by atoms with E-state index in [4.69, 9.17) is 4.74 Å². The molecule has 266 valence electrons. The Kier molecular flexibility index (Phi) is 11.8. The predicted molar refractivity (Wildman–Crippen MR) is 200 cm³/mol. The fourth-order valence-electron chi connectivity index (χ4n) is 6.92. The third-order valence-electron chi connectivity index (χ3n) is 9.69. The summed E-state index contributed by atoms with van der Waals surface area (Å²) in [7, 11) is 0. The summed E-state index contributed by atoms with van der Waals surface area (Å²) in [5.74, 6) is 0.663. The number of nitrogens with zero attached hydrogens (tertiary/aromatic N) is 4. The van der Waals surface area contributed by atoms with Crippen LogP contribution in [0.3, 0.4) is 0 Å². The van der Waals surface area contributed by atoms with E-state index in [0.717, 1.165) is 34.4 Å². The molecular formula is C40H47N7O4. The number of allylic oxidation sites excluding steroid dienone is 3. The van der Waals surface area contributed by atoms with E-state index in [2.05, 4.69) is 49.2 Å². The van der Waals surface area contributed by atoms with Gasteiger partial charge < -0.3 is 25.5 Å². The molecule has 2 amide bonds. The minimum absolute atomic E-state index is 0.0309. The van der Waals surface area contributed by atoms with Crippen molar-refractivity contribution < 1.29 is 19.4 Å². The van der Waals surface area contributed by atoms with Gasteiger partial charge in [-0.1, -0.05) is 60.7 Å². The first-order chi connectivity index (χ1) is 24.9. The Labute approximate surface area is 299 Å². The lowest BCUT2D eigenvalue weighted by molar-refractivity contribution is -0.133. The molecule has 0 aliphatic carbocycles. The second-order valence-corrected chi connectivity index (χ2v) is 13.1. The molecule has 1 fully saturated rings. The number of hydrogen-bond acceptors (Lipinski definition) is 9. The van der Waals surface area contributed by atoms with Crippen molar-refractivity contribution in [2.75, 3.05) is 63.3 Å². The molecule has 51 heavy (non-hydrogen) atoms. The van der Waals surface area contributed by atoms with Crippen molar-refractivity contribution in [2.24, 2.45) is 5.41 Å². The molecule has 0 saturated carbocycles.